The molecule has 0 saturated heterocycles. The van der Waals surface area contributed by atoms with Crippen molar-refractivity contribution in [2.24, 2.45) is 29.6 Å². The number of nitrogens with one attached hydrogen (secondary N) is 1. The van der Waals surface area contributed by atoms with E-state index in [0.717, 1.165) is 6.07 Å². The van der Waals surface area contributed by atoms with Gasteiger partial charge in [-0.15, -0.1) is 0 Å². The number of Topliss-reactive ketones (excluding diaryl/α,β-unsaturated/α-hetero) is 1. The Bertz CT molecular complexity index is 1760. The van der Waals surface area contributed by atoms with E-state index in [4.69, 9.17) is 18.9 Å². The SMILES string of the molecule is COC(=O)[C@H]1[C@@H](C)[C@@H](OC)/C=C/O[C@@]2(C)Oc3c(C)c(O)c4c(O)c(cc(O)c4c3C2=O)NC(=O)/C(C)=C\C=C\[C@@H](C)[C@@H](O)[C@@H](C)[C@H](O)[C@@H]1C. The maximum atomic E-state index is 13.9. The largest absolute Gasteiger partial charge is 0.507 e. The van der Waals surface area contributed by atoms with E-state index in [9.17, 15) is 39.9 Å². The van der Waals surface area contributed by atoms with Crippen molar-refractivity contribution >= 4 is 34.1 Å². The summed E-state index contributed by atoms with van der Waals surface area (Å²) in [5, 5.41) is 58.2. The number of carbonyl (C=O) groups excluding carboxylic acids is 3. The number of hydrogen-bond donors (Lipinski definition) is 6. The van der Waals surface area contributed by atoms with Crippen LogP contribution in [-0.4, -0.2) is 81.5 Å². The standard InChI is InChI=1S/C37H47NO12/c1-16-11-10-12-17(2)35(45)38-22-15-23(39)26-27(32(22)43)31(42)21(6)33-28(26)34(44)37(7,50-33)49-14-13-24(47-8)18(3)25(36(46)48-9)19(4)30(41)20(5)29(16)40/h10-16,18-20,24-25,29-30,39-43H,1-9H3,(H,38,45)/b11-10+,14-13+,17-12-/t16-,18+,19-,20-,24+,25+,29-,30-,37+/m1/s1. The molecule has 2 aromatic carbocycles. The minimum Gasteiger partial charge on any atom is -0.507 e. The molecule has 5 rings (SSSR count). The Hall–Kier alpha value is -4.59. The van der Waals surface area contributed by atoms with Crippen LogP contribution >= 0.6 is 0 Å². The van der Waals surface area contributed by atoms with E-state index < -0.39 is 88.6 Å². The number of hydrogen-bond acceptors (Lipinski definition) is 12. The van der Waals surface area contributed by atoms with Crippen LogP contribution in [0.15, 0.2) is 42.2 Å². The van der Waals surface area contributed by atoms with Crippen molar-refractivity contribution in [2.75, 3.05) is 19.5 Å². The molecule has 13 nitrogen and oxygen atoms in total. The Kier molecular flexibility index (Phi) is 11.2. The summed E-state index contributed by atoms with van der Waals surface area (Å²) in [7, 11) is 2.66. The van der Waals surface area contributed by atoms with Crippen molar-refractivity contribution in [2.45, 2.75) is 72.6 Å². The van der Waals surface area contributed by atoms with Crippen LogP contribution in [0.4, 0.5) is 5.69 Å². The van der Waals surface area contributed by atoms with Gasteiger partial charge in [-0.25, -0.2) is 0 Å². The van der Waals surface area contributed by atoms with Gasteiger partial charge in [-0.2, -0.15) is 0 Å². The molecule has 0 fully saturated rings. The lowest BCUT2D eigenvalue weighted by Gasteiger charge is -2.37. The molecule has 3 heterocycles. The molecular weight excluding hydrogens is 650 g/mol. The number of fused-ring (bicyclic) bond motifs is 14. The lowest BCUT2D eigenvalue weighted by molar-refractivity contribution is -0.155. The number of amides is 1. The number of aromatic hydroxyl groups is 3. The van der Waals surface area contributed by atoms with E-state index in [2.05, 4.69) is 5.32 Å². The number of aliphatic hydroxyl groups excluding tert-OH is 2. The number of ether oxygens (including phenoxy) is 4. The van der Waals surface area contributed by atoms with E-state index in [1.807, 2.05) is 0 Å². The van der Waals surface area contributed by atoms with Crippen molar-refractivity contribution in [1.82, 2.24) is 0 Å². The van der Waals surface area contributed by atoms with E-state index in [1.165, 1.54) is 53.4 Å². The summed E-state index contributed by atoms with van der Waals surface area (Å²) in [6, 6.07) is 1.06. The second-order valence-electron chi connectivity index (χ2n) is 13.4. The third kappa shape index (κ3) is 6.77. The number of methoxy groups -OCH3 is 2. The number of benzene rings is 2. The Morgan fingerprint density at radius 3 is 2.20 bits per heavy atom. The van der Waals surface area contributed by atoms with Crippen molar-refractivity contribution in [3.05, 3.63) is 53.3 Å². The fraction of sp³-hybridized carbons (Fsp3) is 0.486. The summed E-state index contributed by atoms with van der Waals surface area (Å²) >= 11 is 0. The second-order valence-corrected chi connectivity index (χ2v) is 13.4. The number of allylic oxidation sites excluding steroid dienone is 2. The third-order valence-electron chi connectivity index (χ3n) is 10.1. The maximum Gasteiger partial charge on any atom is 0.312 e. The summed E-state index contributed by atoms with van der Waals surface area (Å²) < 4.78 is 22.6. The number of phenols is 3. The molecule has 13 heteroatoms. The topological polar surface area (TPSA) is 201 Å². The van der Waals surface area contributed by atoms with Gasteiger partial charge in [-0.3, -0.25) is 14.4 Å². The number of aliphatic hydroxyl groups is 2. The molecule has 6 N–H and O–H groups in total. The number of anilines is 1. The predicted molar refractivity (Wildman–Crippen MR) is 184 cm³/mol. The average molecular weight is 698 g/mol. The fourth-order valence-electron chi connectivity index (χ4n) is 6.84. The highest BCUT2D eigenvalue weighted by Crippen LogP contribution is 2.53. The van der Waals surface area contributed by atoms with Gasteiger partial charge in [0.05, 0.1) is 54.2 Å². The normalized spacial score (nSPS) is 33.2. The summed E-state index contributed by atoms with van der Waals surface area (Å²) in [5.74, 6) is -9.04. The number of esters is 1. The van der Waals surface area contributed by atoms with Crippen LogP contribution in [0.2, 0.25) is 0 Å². The first-order valence-corrected chi connectivity index (χ1v) is 16.4. The molecule has 1 amide bonds. The summed E-state index contributed by atoms with van der Waals surface area (Å²) in [4.78, 5) is 40.2. The molecule has 0 aliphatic carbocycles. The number of ketones is 1. The zero-order valence-corrected chi connectivity index (χ0v) is 29.7. The molecule has 50 heavy (non-hydrogen) atoms. The van der Waals surface area contributed by atoms with Gasteiger partial charge < -0.3 is 49.8 Å². The van der Waals surface area contributed by atoms with E-state index in [-0.39, 0.29) is 38.9 Å². The molecular formula is C37H47NO12. The Morgan fingerprint density at radius 1 is 0.920 bits per heavy atom. The zero-order chi connectivity index (χ0) is 37.4. The monoisotopic (exact) mass is 697 g/mol. The average Bonchev–Trinajstić information content (AvgIpc) is 3.34. The zero-order valence-electron chi connectivity index (χ0n) is 29.7. The van der Waals surface area contributed by atoms with Gasteiger partial charge in [-0.05, 0) is 31.8 Å². The van der Waals surface area contributed by atoms with Crippen LogP contribution in [0, 0.1) is 36.5 Å². The van der Waals surface area contributed by atoms with Crippen LogP contribution in [0.25, 0.3) is 10.8 Å². The van der Waals surface area contributed by atoms with Crippen molar-refractivity contribution < 1.29 is 58.9 Å². The van der Waals surface area contributed by atoms with Gasteiger partial charge >= 0.3 is 11.8 Å². The highest BCUT2D eigenvalue weighted by molar-refractivity contribution is 6.21. The summed E-state index contributed by atoms with van der Waals surface area (Å²) in [5.41, 5.74) is -0.105. The molecule has 0 radical (unpaired) electrons. The van der Waals surface area contributed by atoms with Gasteiger partial charge in [0, 0.05) is 48.5 Å². The maximum absolute atomic E-state index is 13.9. The summed E-state index contributed by atoms with van der Waals surface area (Å²) in [6.07, 6.45) is 4.39. The van der Waals surface area contributed by atoms with E-state index >= 15 is 0 Å². The van der Waals surface area contributed by atoms with Crippen molar-refractivity contribution in [3.63, 3.8) is 0 Å². The number of phenolic OH excluding ortho intramolecular Hbond substituents is 3. The molecule has 3 aliphatic heterocycles. The first-order valence-electron chi connectivity index (χ1n) is 16.4. The van der Waals surface area contributed by atoms with Crippen molar-refractivity contribution in [1.29, 1.82) is 0 Å². The molecule has 2 aromatic rings. The molecule has 3 aliphatic rings. The minimum atomic E-state index is -1.99. The van der Waals surface area contributed by atoms with E-state index in [1.54, 1.807) is 39.8 Å². The van der Waals surface area contributed by atoms with Crippen molar-refractivity contribution in [3.8, 4) is 23.0 Å². The quantitative estimate of drug-likeness (QED) is 0.145. The van der Waals surface area contributed by atoms with Gasteiger partial charge in [0.25, 0.3) is 11.7 Å². The van der Waals surface area contributed by atoms with Gasteiger partial charge in [0.15, 0.2) is 5.75 Å². The van der Waals surface area contributed by atoms with Crippen LogP contribution < -0.4 is 10.1 Å². The van der Waals surface area contributed by atoms with Crippen LogP contribution in [-0.2, 0) is 23.8 Å². The first-order chi connectivity index (χ1) is 23.4. The molecule has 5 bridgehead atoms. The molecule has 0 aromatic heterocycles. The lowest BCUT2D eigenvalue weighted by atomic mass is 9.73. The van der Waals surface area contributed by atoms with Crippen LogP contribution in [0.1, 0.15) is 57.5 Å². The fourth-order valence-corrected chi connectivity index (χ4v) is 6.84. The highest BCUT2D eigenvalue weighted by Gasteiger charge is 2.49. The minimum absolute atomic E-state index is 0.0736. The van der Waals surface area contributed by atoms with Gasteiger partial charge in [0.2, 0.25) is 0 Å². The number of rotatable bonds is 2. The highest BCUT2D eigenvalue weighted by atomic mass is 16.7. The third-order valence-corrected chi connectivity index (χ3v) is 10.1. The molecule has 272 valence electrons. The van der Waals surface area contributed by atoms with Crippen LogP contribution in [0.3, 0.4) is 0 Å². The Labute approximate surface area is 290 Å². The smallest absolute Gasteiger partial charge is 0.312 e. The van der Waals surface area contributed by atoms with Gasteiger partial charge in [-0.1, -0.05) is 45.9 Å². The predicted octanol–water partition coefficient (Wildman–Crippen LogP) is 4.61. The lowest BCUT2D eigenvalue weighted by Crippen LogP contribution is -2.45. The molecule has 9 atom stereocenters. The number of carbonyl (C=O) groups is 3. The Morgan fingerprint density at radius 2 is 1.58 bits per heavy atom. The molecule has 0 unspecified atom stereocenters. The second kappa shape index (κ2) is 14.7. The van der Waals surface area contributed by atoms with Gasteiger partial charge in [0.1, 0.15) is 17.2 Å². The van der Waals surface area contributed by atoms with E-state index in [0.29, 0.717) is 0 Å². The molecule has 0 spiro atoms. The molecule has 0 saturated carbocycles. The Balaban J connectivity index is 1.88. The first kappa shape index (κ1) is 38.2. The van der Waals surface area contributed by atoms with Crippen LogP contribution in [0.5, 0.6) is 23.0 Å². The summed E-state index contributed by atoms with van der Waals surface area (Å²) in [6.45, 7) is 11.2.